The minimum atomic E-state index is -0.0303. The van der Waals surface area contributed by atoms with Crippen LogP contribution in [0.2, 0.25) is 0 Å². The van der Waals surface area contributed by atoms with Crippen LogP contribution in [0.3, 0.4) is 0 Å². The average molecular weight is 244 g/mol. The summed E-state index contributed by atoms with van der Waals surface area (Å²) in [6.45, 7) is 3.39. The molecule has 1 rings (SSSR count). The summed E-state index contributed by atoms with van der Waals surface area (Å²) in [6.07, 6.45) is 2.40. The number of carbonyl (C=O) groups is 1. The molecule has 16 heavy (non-hydrogen) atoms. The molecule has 0 aromatic carbocycles. The van der Waals surface area contributed by atoms with E-state index in [-0.39, 0.29) is 17.9 Å². The zero-order valence-corrected chi connectivity index (χ0v) is 10.8. The molecule has 2 atom stereocenters. The van der Waals surface area contributed by atoms with Gasteiger partial charge in [-0.15, -0.1) is 0 Å². The molecule has 0 aromatic heterocycles. The fourth-order valence-electron chi connectivity index (χ4n) is 2.12. The smallest absolute Gasteiger partial charge is 0.223 e. The van der Waals surface area contributed by atoms with Crippen LogP contribution in [0.15, 0.2) is 0 Å². The lowest BCUT2D eigenvalue weighted by Crippen LogP contribution is -2.43. The van der Waals surface area contributed by atoms with Crippen molar-refractivity contribution in [1.82, 2.24) is 4.90 Å². The molecule has 1 fully saturated rings. The highest BCUT2D eigenvalue weighted by atomic mass is 32.1. The van der Waals surface area contributed by atoms with Crippen LogP contribution in [0.25, 0.3) is 0 Å². The summed E-state index contributed by atoms with van der Waals surface area (Å²) in [5, 5.41) is 0. The predicted octanol–water partition coefficient (Wildman–Crippen LogP) is 0.936. The molecular weight excluding hydrogens is 224 g/mol. The van der Waals surface area contributed by atoms with E-state index in [0.29, 0.717) is 18.0 Å². The number of rotatable bonds is 5. The van der Waals surface area contributed by atoms with Crippen LogP contribution in [0, 0.1) is 5.92 Å². The van der Waals surface area contributed by atoms with Crippen molar-refractivity contribution >= 4 is 23.1 Å². The summed E-state index contributed by atoms with van der Waals surface area (Å²) in [6, 6.07) is -0.0303. The number of nitrogens with zero attached hydrogens (tertiary/aromatic N) is 1. The van der Waals surface area contributed by atoms with E-state index in [9.17, 15) is 4.79 Å². The van der Waals surface area contributed by atoms with Gasteiger partial charge in [-0.05, 0) is 18.8 Å². The second-order valence-electron chi connectivity index (χ2n) is 4.41. The first-order chi connectivity index (χ1) is 7.56. The first-order valence-corrected chi connectivity index (χ1v) is 6.04. The van der Waals surface area contributed by atoms with Crippen molar-refractivity contribution in [3.63, 3.8) is 0 Å². The monoisotopic (exact) mass is 244 g/mol. The van der Waals surface area contributed by atoms with Crippen molar-refractivity contribution < 1.29 is 9.53 Å². The molecule has 5 heteroatoms. The maximum Gasteiger partial charge on any atom is 0.223 e. The Labute approximate surface area is 102 Å². The third kappa shape index (κ3) is 3.42. The molecule has 0 saturated carbocycles. The van der Waals surface area contributed by atoms with Crippen LogP contribution in [-0.4, -0.2) is 42.1 Å². The van der Waals surface area contributed by atoms with Gasteiger partial charge in [0.15, 0.2) is 0 Å². The summed E-state index contributed by atoms with van der Waals surface area (Å²) >= 11 is 4.98. The Kier molecular flexibility index (Phi) is 5.15. The fraction of sp³-hybridized carbons (Fsp3) is 0.818. The van der Waals surface area contributed by atoms with E-state index in [4.69, 9.17) is 22.7 Å². The molecule has 0 radical (unpaired) electrons. The molecule has 1 heterocycles. The Morgan fingerprint density at radius 2 is 2.38 bits per heavy atom. The number of thiocarbonyl (C=S) groups is 1. The Morgan fingerprint density at radius 1 is 1.69 bits per heavy atom. The van der Waals surface area contributed by atoms with E-state index < -0.39 is 0 Å². The minimum absolute atomic E-state index is 0.0303. The lowest BCUT2D eigenvalue weighted by atomic mass is 10.1. The largest absolute Gasteiger partial charge is 0.392 e. The van der Waals surface area contributed by atoms with Gasteiger partial charge in [0, 0.05) is 26.7 Å². The van der Waals surface area contributed by atoms with Gasteiger partial charge in [0.05, 0.1) is 11.0 Å². The van der Waals surface area contributed by atoms with Gasteiger partial charge >= 0.3 is 0 Å². The van der Waals surface area contributed by atoms with E-state index in [1.165, 1.54) is 0 Å². The molecule has 2 unspecified atom stereocenters. The Balaban J connectivity index is 2.49. The van der Waals surface area contributed by atoms with Crippen molar-refractivity contribution in [3.8, 4) is 0 Å². The van der Waals surface area contributed by atoms with E-state index in [1.54, 1.807) is 7.11 Å². The molecule has 1 amide bonds. The third-order valence-electron chi connectivity index (χ3n) is 2.88. The molecule has 0 spiro atoms. The van der Waals surface area contributed by atoms with Gasteiger partial charge in [-0.25, -0.2) is 0 Å². The Bertz CT molecular complexity index is 271. The van der Waals surface area contributed by atoms with Crippen molar-refractivity contribution in [2.75, 3.05) is 20.3 Å². The van der Waals surface area contributed by atoms with E-state index in [2.05, 4.69) is 0 Å². The number of ether oxygens (including phenoxy) is 1. The number of hydrogen-bond acceptors (Lipinski definition) is 3. The highest BCUT2D eigenvalue weighted by Crippen LogP contribution is 2.20. The van der Waals surface area contributed by atoms with Gasteiger partial charge in [0.25, 0.3) is 0 Å². The molecule has 4 nitrogen and oxygen atoms in total. The van der Waals surface area contributed by atoms with Gasteiger partial charge in [0.1, 0.15) is 0 Å². The highest BCUT2D eigenvalue weighted by Gasteiger charge is 2.30. The summed E-state index contributed by atoms with van der Waals surface area (Å²) in [7, 11) is 1.65. The van der Waals surface area contributed by atoms with Crippen molar-refractivity contribution in [2.24, 2.45) is 11.7 Å². The second kappa shape index (κ2) is 6.15. The van der Waals surface area contributed by atoms with Gasteiger partial charge in [-0.2, -0.15) is 0 Å². The maximum absolute atomic E-state index is 12.0. The number of hydrogen-bond donors (Lipinski definition) is 1. The Hall–Kier alpha value is -0.680. The molecule has 1 aliphatic rings. The standard InChI is InChI=1S/C11H20N2O2S/c1-8(7-15-2)6-10(14)13-5-3-4-9(13)11(12)16/h8-9H,3-7H2,1-2H3,(H2,12,16). The second-order valence-corrected chi connectivity index (χ2v) is 4.88. The van der Waals surface area contributed by atoms with E-state index in [0.717, 1.165) is 19.4 Å². The van der Waals surface area contributed by atoms with Gasteiger partial charge in [-0.3, -0.25) is 4.79 Å². The van der Waals surface area contributed by atoms with Crippen LogP contribution in [0.4, 0.5) is 0 Å². The average Bonchev–Trinajstić information content (AvgIpc) is 2.65. The number of methoxy groups -OCH3 is 1. The lowest BCUT2D eigenvalue weighted by molar-refractivity contribution is -0.132. The van der Waals surface area contributed by atoms with Crippen molar-refractivity contribution in [2.45, 2.75) is 32.2 Å². The number of nitrogens with two attached hydrogens (primary N) is 1. The fourth-order valence-corrected chi connectivity index (χ4v) is 2.36. The molecule has 92 valence electrons. The Morgan fingerprint density at radius 3 is 2.94 bits per heavy atom. The van der Waals surface area contributed by atoms with Crippen LogP contribution in [0.5, 0.6) is 0 Å². The summed E-state index contributed by atoms with van der Waals surface area (Å²) < 4.78 is 5.02. The normalized spacial score (nSPS) is 22.1. The molecular formula is C11H20N2O2S. The molecule has 1 aliphatic heterocycles. The third-order valence-corrected chi connectivity index (χ3v) is 3.15. The molecule has 0 aliphatic carbocycles. The summed E-state index contributed by atoms with van der Waals surface area (Å²) in [4.78, 5) is 14.2. The zero-order valence-electron chi connectivity index (χ0n) is 9.94. The summed E-state index contributed by atoms with van der Waals surface area (Å²) in [5.74, 6) is 0.380. The van der Waals surface area contributed by atoms with Crippen molar-refractivity contribution in [3.05, 3.63) is 0 Å². The van der Waals surface area contributed by atoms with E-state index in [1.807, 2.05) is 11.8 Å². The molecule has 2 N–H and O–H groups in total. The molecule has 0 aromatic rings. The minimum Gasteiger partial charge on any atom is -0.392 e. The predicted molar refractivity (Wildman–Crippen MR) is 67.2 cm³/mol. The highest BCUT2D eigenvalue weighted by molar-refractivity contribution is 7.80. The number of amides is 1. The molecule has 1 saturated heterocycles. The lowest BCUT2D eigenvalue weighted by Gasteiger charge is -2.25. The molecule has 0 bridgehead atoms. The van der Waals surface area contributed by atoms with Crippen LogP contribution >= 0.6 is 12.2 Å². The van der Waals surface area contributed by atoms with Gasteiger partial charge < -0.3 is 15.4 Å². The van der Waals surface area contributed by atoms with Crippen LogP contribution in [-0.2, 0) is 9.53 Å². The first-order valence-electron chi connectivity index (χ1n) is 5.64. The first kappa shape index (κ1) is 13.4. The van der Waals surface area contributed by atoms with Gasteiger partial charge in [0.2, 0.25) is 5.91 Å². The van der Waals surface area contributed by atoms with E-state index >= 15 is 0 Å². The number of likely N-dealkylation sites (tertiary alicyclic amines) is 1. The van der Waals surface area contributed by atoms with Crippen LogP contribution in [0.1, 0.15) is 26.2 Å². The van der Waals surface area contributed by atoms with Gasteiger partial charge in [-0.1, -0.05) is 19.1 Å². The zero-order chi connectivity index (χ0) is 12.1. The quantitative estimate of drug-likeness (QED) is 0.731. The topological polar surface area (TPSA) is 55.6 Å². The maximum atomic E-state index is 12.0. The van der Waals surface area contributed by atoms with Crippen LogP contribution < -0.4 is 5.73 Å². The SMILES string of the molecule is COCC(C)CC(=O)N1CCCC1C(N)=S. The van der Waals surface area contributed by atoms with Crippen molar-refractivity contribution in [1.29, 1.82) is 0 Å². The summed E-state index contributed by atoms with van der Waals surface area (Å²) in [5.41, 5.74) is 5.63. The number of carbonyl (C=O) groups excluding carboxylic acids is 1.